The van der Waals surface area contributed by atoms with Gasteiger partial charge in [-0.05, 0) is 18.6 Å². The van der Waals surface area contributed by atoms with Crippen LogP contribution in [-0.4, -0.2) is 41.4 Å². The molecule has 1 heterocycles. The van der Waals surface area contributed by atoms with Gasteiger partial charge in [-0.3, -0.25) is 10.1 Å². The number of hydrogen-bond donors (Lipinski definition) is 2. The quantitative estimate of drug-likeness (QED) is 0.590. The van der Waals surface area contributed by atoms with Crippen molar-refractivity contribution >= 4 is 22.4 Å². The Hall–Kier alpha value is -2.76. The summed E-state index contributed by atoms with van der Waals surface area (Å²) in [6.45, 7) is 0.709. The summed E-state index contributed by atoms with van der Waals surface area (Å²) in [5.41, 5.74) is 0.715. The lowest BCUT2D eigenvalue weighted by molar-refractivity contribution is -0.384. The van der Waals surface area contributed by atoms with Crippen LogP contribution in [0.1, 0.15) is 12.0 Å². The Labute approximate surface area is 132 Å². The number of benzene rings is 1. The highest BCUT2D eigenvalue weighted by Crippen LogP contribution is 2.24. The van der Waals surface area contributed by atoms with Gasteiger partial charge in [0, 0.05) is 31.2 Å². The first-order chi connectivity index (χ1) is 11.0. The van der Waals surface area contributed by atoms with Crippen molar-refractivity contribution in [3.05, 3.63) is 39.9 Å². The summed E-state index contributed by atoms with van der Waals surface area (Å²) in [5.74, 6) is 0.479. The SMILES string of the molecule is COCC(O)CCNc1cc(C#N)c2cc([N+](=O)[O-])ccc2n1. The number of nitrogens with one attached hydrogen (secondary N) is 1. The molecule has 0 aliphatic rings. The highest BCUT2D eigenvalue weighted by Gasteiger charge is 2.12. The molecule has 23 heavy (non-hydrogen) atoms. The third kappa shape index (κ3) is 4.12. The van der Waals surface area contributed by atoms with Gasteiger partial charge in [-0.25, -0.2) is 4.98 Å². The predicted molar refractivity (Wildman–Crippen MR) is 84.1 cm³/mol. The van der Waals surface area contributed by atoms with Gasteiger partial charge in [-0.1, -0.05) is 0 Å². The Bertz CT molecular complexity index is 757. The van der Waals surface area contributed by atoms with E-state index in [-0.39, 0.29) is 12.3 Å². The number of pyridine rings is 1. The molecule has 1 aromatic heterocycles. The van der Waals surface area contributed by atoms with E-state index in [0.717, 1.165) is 0 Å². The molecule has 120 valence electrons. The first-order valence-corrected chi connectivity index (χ1v) is 6.95. The molecule has 8 heteroatoms. The number of hydrogen-bond acceptors (Lipinski definition) is 7. The molecule has 2 N–H and O–H groups in total. The summed E-state index contributed by atoms with van der Waals surface area (Å²) in [7, 11) is 1.51. The number of nitrogens with zero attached hydrogens (tertiary/aromatic N) is 3. The van der Waals surface area contributed by atoms with Gasteiger partial charge in [0.2, 0.25) is 0 Å². The Morgan fingerprint density at radius 1 is 1.52 bits per heavy atom. The number of anilines is 1. The molecule has 0 spiro atoms. The van der Waals surface area contributed by atoms with Crippen molar-refractivity contribution in [2.24, 2.45) is 0 Å². The fourth-order valence-corrected chi connectivity index (χ4v) is 2.15. The molecular formula is C15H16N4O4. The first kappa shape index (κ1) is 16.6. The second-order valence-electron chi connectivity index (χ2n) is 4.95. The van der Waals surface area contributed by atoms with Crippen LogP contribution in [0.5, 0.6) is 0 Å². The van der Waals surface area contributed by atoms with Crippen molar-refractivity contribution in [3.8, 4) is 6.07 Å². The minimum atomic E-state index is -0.578. The summed E-state index contributed by atoms with van der Waals surface area (Å²) in [5, 5.41) is 33.1. The Kier molecular flexibility index (Phi) is 5.41. The highest BCUT2D eigenvalue weighted by atomic mass is 16.6. The fourth-order valence-electron chi connectivity index (χ4n) is 2.15. The summed E-state index contributed by atoms with van der Waals surface area (Å²) in [4.78, 5) is 14.6. The number of nitro benzene ring substituents is 1. The van der Waals surface area contributed by atoms with Crippen LogP contribution in [-0.2, 0) is 4.74 Å². The number of ether oxygens (including phenoxy) is 1. The number of nitro groups is 1. The van der Waals surface area contributed by atoms with E-state index >= 15 is 0 Å². The Morgan fingerprint density at radius 3 is 2.96 bits per heavy atom. The molecule has 0 saturated heterocycles. The lowest BCUT2D eigenvalue weighted by Gasteiger charge is -2.11. The molecule has 0 saturated carbocycles. The van der Waals surface area contributed by atoms with Crippen LogP contribution >= 0.6 is 0 Å². The number of fused-ring (bicyclic) bond motifs is 1. The van der Waals surface area contributed by atoms with Crippen molar-refractivity contribution in [1.82, 2.24) is 4.98 Å². The molecule has 2 rings (SSSR count). The van der Waals surface area contributed by atoms with E-state index in [9.17, 15) is 20.5 Å². The van der Waals surface area contributed by atoms with E-state index in [0.29, 0.717) is 35.2 Å². The standard InChI is InChI=1S/C15H16N4O4/c1-23-9-12(20)4-5-17-15-6-10(8-16)13-7-11(19(21)22)2-3-14(13)18-15/h2-3,6-7,12,20H,4-5,9H2,1H3,(H,17,18). The van der Waals surface area contributed by atoms with Crippen LogP contribution in [0.25, 0.3) is 10.9 Å². The smallest absolute Gasteiger partial charge is 0.270 e. The van der Waals surface area contributed by atoms with E-state index in [2.05, 4.69) is 10.3 Å². The zero-order chi connectivity index (χ0) is 16.8. The summed E-state index contributed by atoms with van der Waals surface area (Å²) in [6.07, 6.45) is -0.110. The van der Waals surface area contributed by atoms with E-state index in [1.54, 1.807) is 0 Å². The van der Waals surface area contributed by atoms with Crippen molar-refractivity contribution in [2.75, 3.05) is 25.6 Å². The normalized spacial score (nSPS) is 11.9. The van der Waals surface area contributed by atoms with Crippen LogP contribution in [0, 0.1) is 21.4 Å². The fraction of sp³-hybridized carbons (Fsp3) is 0.333. The number of methoxy groups -OCH3 is 1. The average molecular weight is 316 g/mol. The van der Waals surface area contributed by atoms with Crippen LogP contribution in [0.2, 0.25) is 0 Å². The van der Waals surface area contributed by atoms with Gasteiger partial charge in [0.15, 0.2) is 0 Å². The van der Waals surface area contributed by atoms with Crippen molar-refractivity contribution in [3.63, 3.8) is 0 Å². The molecule has 2 aromatic rings. The van der Waals surface area contributed by atoms with Gasteiger partial charge in [-0.2, -0.15) is 5.26 Å². The van der Waals surface area contributed by atoms with Gasteiger partial charge in [-0.15, -0.1) is 0 Å². The molecule has 1 aromatic carbocycles. The molecule has 0 fully saturated rings. The van der Waals surface area contributed by atoms with Crippen molar-refractivity contribution in [1.29, 1.82) is 5.26 Å². The largest absolute Gasteiger partial charge is 0.391 e. The monoisotopic (exact) mass is 316 g/mol. The van der Waals surface area contributed by atoms with Crippen molar-refractivity contribution in [2.45, 2.75) is 12.5 Å². The zero-order valence-electron chi connectivity index (χ0n) is 12.5. The number of aliphatic hydroxyl groups excluding tert-OH is 1. The Balaban J connectivity index is 2.21. The number of nitriles is 1. The molecular weight excluding hydrogens is 300 g/mol. The molecule has 0 amide bonds. The van der Waals surface area contributed by atoms with Gasteiger partial charge in [0.05, 0.1) is 34.8 Å². The van der Waals surface area contributed by atoms with Crippen LogP contribution in [0.4, 0.5) is 11.5 Å². The topological polar surface area (TPSA) is 121 Å². The number of rotatable bonds is 7. The van der Waals surface area contributed by atoms with Gasteiger partial charge in [0.25, 0.3) is 5.69 Å². The maximum Gasteiger partial charge on any atom is 0.270 e. The predicted octanol–water partition coefficient (Wildman–Crippen LogP) is 1.82. The minimum Gasteiger partial charge on any atom is -0.391 e. The number of aromatic nitrogens is 1. The summed E-state index contributed by atoms with van der Waals surface area (Å²) in [6, 6.07) is 7.76. The third-order valence-corrected chi connectivity index (χ3v) is 3.27. The van der Waals surface area contributed by atoms with Gasteiger partial charge in [0.1, 0.15) is 5.82 Å². The minimum absolute atomic E-state index is 0.0841. The number of aliphatic hydroxyl groups is 1. The maximum absolute atomic E-state index is 10.8. The lowest BCUT2D eigenvalue weighted by Crippen LogP contribution is -2.18. The van der Waals surface area contributed by atoms with Crippen molar-refractivity contribution < 1.29 is 14.8 Å². The van der Waals surface area contributed by atoms with Gasteiger partial charge >= 0.3 is 0 Å². The molecule has 0 aliphatic heterocycles. The third-order valence-electron chi connectivity index (χ3n) is 3.27. The molecule has 1 atom stereocenters. The zero-order valence-corrected chi connectivity index (χ0v) is 12.5. The maximum atomic E-state index is 10.8. The average Bonchev–Trinajstić information content (AvgIpc) is 2.53. The summed E-state index contributed by atoms with van der Waals surface area (Å²) >= 11 is 0. The van der Waals surface area contributed by atoms with E-state index in [1.165, 1.54) is 31.4 Å². The van der Waals surface area contributed by atoms with E-state index in [4.69, 9.17) is 4.74 Å². The molecule has 1 unspecified atom stereocenters. The van der Waals surface area contributed by atoms with Crippen LogP contribution in [0.3, 0.4) is 0 Å². The Morgan fingerprint density at radius 2 is 2.30 bits per heavy atom. The summed E-state index contributed by atoms with van der Waals surface area (Å²) < 4.78 is 4.84. The van der Waals surface area contributed by atoms with E-state index in [1.807, 2.05) is 6.07 Å². The first-order valence-electron chi connectivity index (χ1n) is 6.95. The highest BCUT2D eigenvalue weighted by molar-refractivity contribution is 5.88. The number of non-ortho nitro benzene ring substituents is 1. The second kappa shape index (κ2) is 7.49. The van der Waals surface area contributed by atoms with Gasteiger partial charge < -0.3 is 15.2 Å². The van der Waals surface area contributed by atoms with Crippen LogP contribution < -0.4 is 5.32 Å². The molecule has 0 radical (unpaired) electrons. The molecule has 0 aliphatic carbocycles. The van der Waals surface area contributed by atoms with E-state index < -0.39 is 11.0 Å². The molecule has 8 nitrogen and oxygen atoms in total. The lowest BCUT2D eigenvalue weighted by atomic mass is 10.1. The van der Waals surface area contributed by atoms with Crippen LogP contribution in [0.15, 0.2) is 24.3 Å². The second-order valence-corrected chi connectivity index (χ2v) is 4.95. The molecule has 0 bridgehead atoms.